The van der Waals surface area contributed by atoms with E-state index in [2.05, 4.69) is 0 Å². The Kier molecular flexibility index (Phi) is 5.55. The van der Waals surface area contributed by atoms with E-state index in [1.54, 1.807) is 11.8 Å². The maximum absolute atomic E-state index is 12.2. The monoisotopic (exact) mass is 304 g/mol. The zero-order valence-electron chi connectivity index (χ0n) is 13.6. The van der Waals surface area contributed by atoms with Crippen molar-refractivity contribution in [3.63, 3.8) is 0 Å². The third-order valence-corrected chi connectivity index (χ3v) is 4.16. The second-order valence-electron chi connectivity index (χ2n) is 5.63. The first kappa shape index (κ1) is 16.5. The van der Waals surface area contributed by atoms with E-state index < -0.39 is 0 Å². The van der Waals surface area contributed by atoms with Crippen LogP contribution >= 0.6 is 0 Å². The Morgan fingerprint density at radius 2 is 1.91 bits per heavy atom. The van der Waals surface area contributed by atoms with Gasteiger partial charge in [0.05, 0.1) is 13.2 Å². The number of rotatable bonds is 4. The number of hydrogen-bond acceptors (Lipinski definition) is 3. The fraction of sp³-hybridized carbons (Fsp3) is 0.529. The van der Waals surface area contributed by atoms with E-state index >= 15 is 0 Å². The van der Waals surface area contributed by atoms with Gasteiger partial charge in [0.1, 0.15) is 0 Å². The van der Waals surface area contributed by atoms with Crippen LogP contribution in [0.4, 0.5) is 5.69 Å². The third-order valence-electron chi connectivity index (χ3n) is 4.16. The van der Waals surface area contributed by atoms with Gasteiger partial charge in [0.25, 0.3) is 0 Å². The predicted molar refractivity (Wildman–Crippen MR) is 86.0 cm³/mol. The molecule has 2 rings (SSSR count). The molecule has 1 fully saturated rings. The summed E-state index contributed by atoms with van der Waals surface area (Å²) < 4.78 is 5.25. The van der Waals surface area contributed by atoms with Crippen molar-refractivity contribution in [1.82, 2.24) is 4.90 Å². The molecule has 0 unspecified atom stereocenters. The summed E-state index contributed by atoms with van der Waals surface area (Å²) in [4.78, 5) is 27.7. The van der Waals surface area contributed by atoms with Crippen LogP contribution in [0, 0.1) is 13.8 Å². The first-order chi connectivity index (χ1) is 10.5. The van der Waals surface area contributed by atoms with Crippen LogP contribution in [0.2, 0.25) is 0 Å². The Hall–Kier alpha value is -1.88. The number of morpholine rings is 1. The lowest BCUT2D eigenvalue weighted by Crippen LogP contribution is -2.42. The lowest BCUT2D eigenvalue weighted by molar-refractivity contribution is -0.135. The second-order valence-corrected chi connectivity index (χ2v) is 5.63. The molecule has 120 valence electrons. The van der Waals surface area contributed by atoms with Crippen LogP contribution in [0.15, 0.2) is 18.2 Å². The average molecular weight is 304 g/mol. The predicted octanol–water partition coefficient (Wildman–Crippen LogP) is 1.91. The molecule has 0 N–H and O–H groups in total. The molecule has 0 aromatic heterocycles. The first-order valence-corrected chi connectivity index (χ1v) is 7.70. The number of amides is 2. The summed E-state index contributed by atoms with van der Waals surface area (Å²) in [5.74, 6) is 0.0448. The summed E-state index contributed by atoms with van der Waals surface area (Å²) in [6.07, 6.45) is 0.340. The number of nitrogens with zero attached hydrogens (tertiary/aromatic N) is 2. The zero-order valence-corrected chi connectivity index (χ0v) is 13.6. The standard InChI is InChI=1S/C17H24N2O3/c1-13-5-4-6-16(14(13)2)19(15(3)20)8-7-17(21)18-9-11-22-12-10-18/h4-6H,7-12H2,1-3H3. The highest BCUT2D eigenvalue weighted by atomic mass is 16.5. The highest BCUT2D eigenvalue weighted by molar-refractivity contribution is 5.93. The molecule has 22 heavy (non-hydrogen) atoms. The summed E-state index contributed by atoms with van der Waals surface area (Å²) in [6, 6.07) is 5.90. The number of benzene rings is 1. The Bertz CT molecular complexity index is 551. The highest BCUT2D eigenvalue weighted by Crippen LogP contribution is 2.23. The quantitative estimate of drug-likeness (QED) is 0.854. The molecule has 1 heterocycles. The molecule has 0 atom stereocenters. The Labute approximate surface area is 131 Å². The fourth-order valence-corrected chi connectivity index (χ4v) is 2.65. The van der Waals surface area contributed by atoms with Gasteiger partial charge in [-0.3, -0.25) is 9.59 Å². The number of ether oxygens (including phenoxy) is 1. The minimum atomic E-state index is -0.0384. The molecule has 1 saturated heterocycles. The number of carbonyl (C=O) groups excluding carboxylic acids is 2. The van der Waals surface area contributed by atoms with Gasteiger partial charge < -0.3 is 14.5 Å². The van der Waals surface area contributed by atoms with E-state index in [1.807, 2.05) is 36.9 Å². The molecular formula is C17H24N2O3. The highest BCUT2D eigenvalue weighted by Gasteiger charge is 2.20. The van der Waals surface area contributed by atoms with Gasteiger partial charge in [0, 0.05) is 38.7 Å². The van der Waals surface area contributed by atoms with Crippen molar-refractivity contribution in [2.24, 2.45) is 0 Å². The van der Waals surface area contributed by atoms with Gasteiger partial charge >= 0.3 is 0 Å². The summed E-state index contributed by atoms with van der Waals surface area (Å²) in [5, 5.41) is 0. The van der Waals surface area contributed by atoms with Crippen LogP contribution in [-0.2, 0) is 14.3 Å². The van der Waals surface area contributed by atoms with Crippen LogP contribution in [0.5, 0.6) is 0 Å². The average Bonchev–Trinajstić information content (AvgIpc) is 2.51. The molecule has 0 saturated carbocycles. The number of hydrogen-bond donors (Lipinski definition) is 0. The zero-order chi connectivity index (χ0) is 16.1. The van der Waals surface area contributed by atoms with Crippen molar-refractivity contribution in [3.8, 4) is 0 Å². The van der Waals surface area contributed by atoms with Gasteiger partial charge in [0.2, 0.25) is 11.8 Å². The van der Waals surface area contributed by atoms with Gasteiger partial charge in [-0.25, -0.2) is 0 Å². The number of carbonyl (C=O) groups is 2. The van der Waals surface area contributed by atoms with Crippen molar-refractivity contribution >= 4 is 17.5 Å². The summed E-state index contributed by atoms with van der Waals surface area (Å²) in [7, 11) is 0. The third kappa shape index (κ3) is 3.85. The molecule has 5 nitrogen and oxygen atoms in total. The number of aryl methyl sites for hydroxylation is 1. The molecular weight excluding hydrogens is 280 g/mol. The number of anilines is 1. The van der Waals surface area contributed by atoms with Crippen molar-refractivity contribution in [2.75, 3.05) is 37.7 Å². The first-order valence-electron chi connectivity index (χ1n) is 7.70. The SMILES string of the molecule is CC(=O)N(CCC(=O)N1CCOCC1)c1cccc(C)c1C. The minimum absolute atomic E-state index is 0.0384. The van der Waals surface area contributed by atoms with Crippen LogP contribution in [0.3, 0.4) is 0 Å². The van der Waals surface area contributed by atoms with Gasteiger partial charge in [-0.05, 0) is 31.0 Å². The molecule has 0 spiro atoms. The molecule has 0 aliphatic carbocycles. The van der Waals surface area contributed by atoms with Gasteiger partial charge in [-0.1, -0.05) is 12.1 Å². The van der Waals surface area contributed by atoms with E-state index in [1.165, 1.54) is 0 Å². The van der Waals surface area contributed by atoms with Crippen LogP contribution < -0.4 is 4.90 Å². The van der Waals surface area contributed by atoms with Crippen molar-refractivity contribution in [1.29, 1.82) is 0 Å². The molecule has 0 bridgehead atoms. The Balaban J connectivity index is 2.04. The molecule has 1 aliphatic rings. The minimum Gasteiger partial charge on any atom is -0.378 e. The van der Waals surface area contributed by atoms with Gasteiger partial charge in [0.15, 0.2) is 0 Å². The summed E-state index contributed by atoms with van der Waals surface area (Å²) >= 11 is 0. The smallest absolute Gasteiger partial charge is 0.224 e. The molecule has 5 heteroatoms. The van der Waals surface area contributed by atoms with E-state index in [0.29, 0.717) is 39.3 Å². The lowest BCUT2D eigenvalue weighted by Gasteiger charge is -2.29. The maximum Gasteiger partial charge on any atom is 0.224 e. The van der Waals surface area contributed by atoms with Crippen LogP contribution in [-0.4, -0.2) is 49.6 Å². The maximum atomic E-state index is 12.2. The van der Waals surface area contributed by atoms with E-state index in [4.69, 9.17) is 4.74 Å². The summed E-state index contributed by atoms with van der Waals surface area (Å²) in [5.41, 5.74) is 3.11. The Morgan fingerprint density at radius 1 is 1.23 bits per heavy atom. The second kappa shape index (κ2) is 7.40. The van der Waals surface area contributed by atoms with Gasteiger partial charge in [-0.15, -0.1) is 0 Å². The largest absolute Gasteiger partial charge is 0.378 e. The molecule has 1 aromatic carbocycles. The normalized spacial score (nSPS) is 14.8. The van der Waals surface area contributed by atoms with Crippen molar-refractivity contribution < 1.29 is 14.3 Å². The van der Waals surface area contributed by atoms with Crippen molar-refractivity contribution in [2.45, 2.75) is 27.2 Å². The van der Waals surface area contributed by atoms with E-state index in [9.17, 15) is 9.59 Å². The Morgan fingerprint density at radius 3 is 2.55 bits per heavy atom. The van der Waals surface area contributed by atoms with Crippen LogP contribution in [0.25, 0.3) is 0 Å². The van der Waals surface area contributed by atoms with Crippen LogP contribution in [0.1, 0.15) is 24.5 Å². The van der Waals surface area contributed by atoms with E-state index in [-0.39, 0.29) is 11.8 Å². The topological polar surface area (TPSA) is 49.9 Å². The van der Waals surface area contributed by atoms with E-state index in [0.717, 1.165) is 16.8 Å². The molecule has 1 aliphatic heterocycles. The van der Waals surface area contributed by atoms with Gasteiger partial charge in [-0.2, -0.15) is 0 Å². The van der Waals surface area contributed by atoms with Crippen molar-refractivity contribution in [3.05, 3.63) is 29.3 Å². The summed E-state index contributed by atoms with van der Waals surface area (Å²) in [6.45, 7) is 8.46. The molecule has 1 aromatic rings. The molecule has 0 radical (unpaired) electrons. The fourth-order valence-electron chi connectivity index (χ4n) is 2.65. The lowest BCUT2D eigenvalue weighted by atomic mass is 10.1. The molecule has 2 amide bonds.